The highest BCUT2D eigenvalue weighted by Crippen LogP contribution is 2.24. The molecule has 1 aromatic heterocycles. The smallest absolute Gasteiger partial charge is 0.319 e. The Morgan fingerprint density at radius 3 is 2.42 bits per heavy atom. The summed E-state index contributed by atoms with van der Waals surface area (Å²) in [5, 5.41) is 4.74. The van der Waals surface area contributed by atoms with Gasteiger partial charge in [-0.2, -0.15) is 0 Å². The topological polar surface area (TPSA) is 101 Å². The molecule has 1 aromatic carbocycles. The first kappa shape index (κ1) is 30.9. The van der Waals surface area contributed by atoms with E-state index in [4.69, 9.17) is 4.74 Å². The lowest BCUT2D eigenvalue weighted by Gasteiger charge is -2.34. The van der Waals surface area contributed by atoms with Gasteiger partial charge in [-0.25, -0.2) is 5.01 Å². The van der Waals surface area contributed by atoms with Crippen LogP contribution in [0.2, 0.25) is 0 Å². The second kappa shape index (κ2) is 14.7. The molecular formula is C32H42N4O4. The highest BCUT2D eigenvalue weighted by molar-refractivity contribution is 5.85. The number of allylic oxidation sites excluding steroid dienone is 3. The van der Waals surface area contributed by atoms with Crippen LogP contribution in [0.25, 0.3) is 5.57 Å². The highest BCUT2D eigenvalue weighted by Gasteiger charge is 2.33. The molecule has 0 fully saturated rings. The minimum atomic E-state index is -0.677. The molecule has 0 aliphatic heterocycles. The number of aromatic nitrogens is 1. The Labute approximate surface area is 237 Å². The Hall–Kier alpha value is -3.62. The fourth-order valence-corrected chi connectivity index (χ4v) is 4.65. The van der Waals surface area contributed by atoms with Gasteiger partial charge in [0.2, 0.25) is 0 Å². The molecule has 1 aliphatic rings. The van der Waals surface area contributed by atoms with Gasteiger partial charge in [-0.3, -0.25) is 30.1 Å². The summed E-state index contributed by atoms with van der Waals surface area (Å²) in [5.74, 6) is -0.823. The van der Waals surface area contributed by atoms with Gasteiger partial charge in [0.25, 0.3) is 5.91 Å². The summed E-state index contributed by atoms with van der Waals surface area (Å²) in [6, 6.07) is 15.1. The zero-order valence-electron chi connectivity index (χ0n) is 24.2. The number of amides is 1. The van der Waals surface area contributed by atoms with Crippen molar-refractivity contribution in [1.82, 2.24) is 20.7 Å². The Morgan fingerprint density at radius 2 is 1.82 bits per heavy atom. The number of nitrogens with zero attached hydrogens (tertiary/aromatic N) is 2. The molecule has 214 valence electrons. The average molecular weight is 547 g/mol. The lowest BCUT2D eigenvalue weighted by molar-refractivity contribution is -0.140. The summed E-state index contributed by atoms with van der Waals surface area (Å²) < 4.78 is 4.74. The molecule has 0 saturated heterocycles. The molecule has 40 heavy (non-hydrogen) atoms. The molecule has 0 saturated carbocycles. The largest absolute Gasteiger partial charge is 0.468 e. The van der Waals surface area contributed by atoms with E-state index in [2.05, 4.69) is 27.9 Å². The number of ketones is 1. The molecule has 1 aliphatic carbocycles. The fourth-order valence-electron chi connectivity index (χ4n) is 4.65. The van der Waals surface area contributed by atoms with Crippen LogP contribution >= 0.6 is 0 Å². The normalized spacial score (nSPS) is 16.6. The van der Waals surface area contributed by atoms with Crippen LogP contribution in [-0.4, -0.2) is 60.4 Å². The van der Waals surface area contributed by atoms with Crippen molar-refractivity contribution in [1.29, 1.82) is 0 Å². The number of carbonyl (C=O) groups excluding carboxylic acids is 3. The molecule has 3 rings (SSSR count). The van der Waals surface area contributed by atoms with Gasteiger partial charge in [0.15, 0.2) is 5.78 Å². The van der Waals surface area contributed by atoms with E-state index in [0.717, 1.165) is 23.3 Å². The predicted octanol–water partition coefficient (Wildman–Crippen LogP) is 4.00. The third-order valence-electron chi connectivity index (χ3n) is 6.96. The van der Waals surface area contributed by atoms with Crippen molar-refractivity contribution >= 4 is 23.2 Å². The van der Waals surface area contributed by atoms with Crippen LogP contribution in [0.3, 0.4) is 0 Å². The summed E-state index contributed by atoms with van der Waals surface area (Å²) in [6.07, 6.45) is 9.46. The fraction of sp³-hybridized carbons (Fsp3) is 0.438. The van der Waals surface area contributed by atoms with Crippen molar-refractivity contribution in [3.8, 4) is 0 Å². The third kappa shape index (κ3) is 9.54. The van der Waals surface area contributed by atoms with Crippen LogP contribution in [0.1, 0.15) is 45.4 Å². The summed E-state index contributed by atoms with van der Waals surface area (Å²) >= 11 is 0. The van der Waals surface area contributed by atoms with Gasteiger partial charge in [-0.05, 0) is 47.4 Å². The molecule has 8 heteroatoms. The first-order valence-corrected chi connectivity index (χ1v) is 13.8. The quantitative estimate of drug-likeness (QED) is 0.289. The van der Waals surface area contributed by atoms with E-state index in [1.54, 1.807) is 11.2 Å². The van der Waals surface area contributed by atoms with E-state index in [1.165, 1.54) is 7.11 Å². The summed E-state index contributed by atoms with van der Waals surface area (Å²) in [4.78, 5) is 43.0. The minimum Gasteiger partial charge on any atom is -0.468 e. The SMILES string of the molecule is COC(=O)CNC(C(=O)NN(CC(=O)C(C)Cc1ccccc1)CC1C=CC(c2ccccn2)=CC1)C(C)(C)C. The zero-order valence-corrected chi connectivity index (χ0v) is 24.2. The first-order valence-electron chi connectivity index (χ1n) is 13.8. The number of pyridine rings is 1. The van der Waals surface area contributed by atoms with E-state index in [0.29, 0.717) is 13.0 Å². The van der Waals surface area contributed by atoms with Crippen LogP contribution in [0.4, 0.5) is 0 Å². The Bertz CT molecular complexity index is 1190. The number of ether oxygens (including phenoxy) is 1. The van der Waals surface area contributed by atoms with E-state index < -0.39 is 17.4 Å². The van der Waals surface area contributed by atoms with Gasteiger partial charge in [0.05, 0.1) is 31.9 Å². The Kier molecular flexibility index (Phi) is 11.3. The number of carbonyl (C=O) groups is 3. The van der Waals surface area contributed by atoms with Crippen molar-refractivity contribution in [3.05, 3.63) is 84.2 Å². The van der Waals surface area contributed by atoms with Crippen LogP contribution < -0.4 is 10.7 Å². The van der Waals surface area contributed by atoms with Crippen LogP contribution in [-0.2, 0) is 25.5 Å². The second-order valence-electron chi connectivity index (χ2n) is 11.4. The number of esters is 1. The van der Waals surface area contributed by atoms with Crippen molar-refractivity contribution in [2.75, 3.05) is 26.7 Å². The number of Topliss-reactive ketones (excluding diaryl/α,β-unsaturated/α-hetero) is 1. The van der Waals surface area contributed by atoms with Crippen molar-refractivity contribution in [2.45, 2.75) is 46.6 Å². The Balaban J connectivity index is 1.72. The second-order valence-corrected chi connectivity index (χ2v) is 11.4. The first-order chi connectivity index (χ1) is 19.1. The monoisotopic (exact) mass is 546 g/mol. The molecule has 3 unspecified atom stereocenters. The molecular weight excluding hydrogens is 504 g/mol. The Morgan fingerprint density at radius 1 is 1.10 bits per heavy atom. The van der Waals surface area contributed by atoms with Gasteiger partial charge in [-0.1, -0.05) is 82.3 Å². The predicted molar refractivity (Wildman–Crippen MR) is 157 cm³/mol. The number of hydrazine groups is 1. The molecule has 1 amide bonds. The van der Waals surface area contributed by atoms with Crippen molar-refractivity contribution < 1.29 is 19.1 Å². The highest BCUT2D eigenvalue weighted by atomic mass is 16.5. The summed E-state index contributed by atoms with van der Waals surface area (Å²) in [5.41, 5.74) is 5.58. The molecule has 8 nitrogen and oxygen atoms in total. The molecule has 0 radical (unpaired) electrons. The lowest BCUT2D eigenvalue weighted by atomic mass is 9.86. The number of hydrogen-bond donors (Lipinski definition) is 2. The van der Waals surface area contributed by atoms with Crippen molar-refractivity contribution in [2.24, 2.45) is 17.3 Å². The number of nitrogens with one attached hydrogen (secondary N) is 2. The maximum absolute atomic E-state index is 13.5. The van der Waals surface area contributed by atoms with Gasteiger partial charge in [0, 0.05) is 18.7 Å². The van der Waals surface area contributed by atoms with E-state index in [9.17, 15) is 14.4 Å². The lowest BCUT2D eigenvalue weighted by Crippen LogP contribution is -2.58. The zero-order chi connectivity index (χ0) is 29.1. The van der Waals surface area contributed by atoms with E-state index in [-0.39, 0.29) is 36.6 Å². The maximum atomic E-state index is 13.5. The number of rotatable bonds is 13. The number of benzene rings is 1. The third-order valence-corrected chi connectivity index (χ3v) is 6.96. The molecule has 2 aromatic rings. The van der Waals surface area contributed by atoms with Gasteiger partial charge < -0.3 is 4.74 Å². The van der Waals surface area contributed by atoms with Gasteiger partial charge in [-0.15, -0.1) is 0 Å². The van der Waals surface area contributed by atoms with Crippen LogP contribution in [0.15, 0.2) is 73.0 Å². The molecule has 1 heterocycles. The van der Waals surface area contributed by atoms with E-state index >= 15 is 0 Å². The van der Waals surface area contributed by atoms with Crippen molar-refractivity contribution in [3.63, 3.8) is 0 Å². The van der Waals surface area contributed by atoms with Crippen LogP contribution in [0.5, 0.6) is 0 Å². The average Bonchev–Trinajstić information content (AvgIpc) is 2.93. The van der Waals surface area contributed by atoms with Gasteiger partial charge >= 0.3 is 5.97 Å². The standard InChI is InChI=1S/C32H42N4O4/c1-23(19-24-11-7-6-8-12-24)28(37)22-36(35-31(39)30(32(2,3)4)34-20-29(38)40-5)21-25-14-16-26(17-15-25)27-13-9-10-18-33-27/h6-14,16-18,23,25,30,34H,15,19-22H2,1-5H3,(H,35,39). The maximum Gasteiger partial charge on any atom is 0.319 e. The molecule has 0 spiro atoms. The molecule has 0 bridgehead atoms. The molecule has 3 atom stereocenters. The minimum absolute atomic E-state index is 0.0449. The van der Waals surface area contributed by atoms with E-state index in [1.807, 2.05) is 82.3 Å². The summed E-state index contributed by atoms with van der Waals surface area (Å²) in [7, 11) is 1.31. The molecule has 2 N–H and O–H groups in total. The van der Waals surface area contributed by atoms with Gasteiger partial charge in [0.1, 0.15) is 0 Å². The number of methoxy groups -OCH3 is 1. The number of hydrogen-bond acceptors (Lipinski definition) is 7. The van der Waals surface area contributed by atoms with Crippen LogP contribution in [0, 0.1) is 17.3 Å². The summed E-state index contributed by atoms with van der Waals surface area (Å²) in [6.45, 7) is 8.14.